The second-order valence-electron chi connectivity index (χ2n) is 6.61. The summed E-state index contributed by atoms with van der Waals surface area (Å²) in [6.07, 6.45) is 1.09. The fraction of sp³-hybridized carbons (Fsp3) is 0.556. The third-order valence-corrected chi connectivity index (χ3v) is 7.44. The Morgan fingerprint density at radius 2 is 1.86 bits per heavy atom. The molecule has 0 radical (unpaired) electrons. The van der Waals surface area contributed by atoms with Crippen LogP contribution in [0.5, 0.6) is 0 Å². The number of aryl methyl sites for hydroxylation is 1. The van der Waals surface area contributed by atoms with E-state index in [2.05, 4.69) is 23.7 Å². The number of rotatable bonds is 9. The van der Waals surface area contributed by atoms with Gasteiger partial charge in [0.2, 0.25) is 15.9 Å². The molecule has 2 aromatic rings. The average Bonchev–Trinajstić information content (AvgIpc) is 3.05. The summed E-state index contributed by atoms with van der Waals surface area (Å²) in [6, 6.07) is 3.71. The number of sulfonamides is 1. The Labute approximate surface area is 175 Å². The molecule has 1 heterocycles. The van der Waals surface area contributed by atoms with Crippen molar-refractivity contribution < 1.29 is 13.2 Å². The van der Waals surface area contributed by atoms with Crippen molar-refractivity contribution in [3.05, 3.63) is 22.7 Å². The normalized spacial score (nSPS) is 12.3. The molecule has 7 nitrogen and oxygen atoms in total. The number of hydrogen-bond acceptors (Lipinski definition) is 6. The highest BCUT2D eigenvalue weighted by molar-refractivity contribution is 7.88. The predicted octanol–water partition coefficient (Wildman–Crippen LogP) is 2.82. The van der Waals surface area contributed by atoms with Crippen molar-refractivity contribution in [1.82, 2.24) is 14.2 Å². The van der Waals surface area contributed by atoms with Gasteiger partial charge in [0, 0.05) is 25.2 Å². The molecule has 0 fully saturated rings. The summed E-state index contributed by atoms with van der Waals surface area (Å²) in [5, 5.41) is 1.18. The van der Waals surface area contributed by atoms with E-state index in [-0.39, 0.29) is 12.5 Å². The van der Waals surface area contributed by atoms with Gasteiger partial charge in [0.15, 0.2) is 5.13 Å². The number of hydrogen-bond donors (Lipinski definition) is 0. The number of benzene rings is 1. The van der Waals surface area contributed by atoms with Crippen molar-refractivity contribution >= 4 is 54.2 Å². The molecule has 0 N–H and O–H groups in total. The van der Waals surface area contributed by atoms with Gasteiger partial charge in [-0.05, 0) is 37.7 Å². The lowest BCUT2D eigenvalue weighted by Crippen LogP contribution is -2.44. The van der Waals surface area contributed by atoms with E-state index in [0.717, 1.165) is 39.4 Å². The molecular weight excluding hydrogens is 420 g/mol. The summed E-state index contributed by atoms with van der Waals surface area (Å²) in [5.74, 6) is -0.303. The number of aromatic nitrogens is 1. The largest absolute Gasteiger partial charge is 0.302 e. The standard InChI is InChI=1S/C18H27ClN4O3S2/c1-6-22(7-2)10-11-23(16(24)12-21(4)28(5,25)26)18-20-17-13(3)14(19)8-9-15(17)27-18/h8-9H,6-7,10-12H2,1-5H3. The van der Waals surface area contributed by atoms with Crippen LogP contribution in [0.4, 0.5) is 5.13 Å². The Hall–Kier alpha value is -1.26. The third-order valence-electron chi connectivity index (χ3n) is 4.73. The Balaban J connectivity index is 2.37. The molecule has 0 spiro atoms. The maximum atomic E-state index is 13.0. The fourth-order valence-electron chi connectivity index (χ4n) is 2.71. The van der Waals surface area contributed by atoms with Gasteiger partial charge in [0.25, 0.3) is 0 Å². The van der Waals surface area contributed by atoms with Crippen LogP contribution < -0.4 is 4.90 Å². The van der Waals surface area contributed by atoms with Gasteiger partial charge >= 0.3 is 0 Å². The topological polar surface area (TPSA) is 73.8 Å². The van der Waals surface area contributed by atoms with Crippen LogP contribution in [0.25, 0.3) is 10.2 Å². The average molecular weight is 447 g/mol. The summed E-state index contributed by atoms with van der Waals surface area (Å²) < 4.78 is 25.4. The SMILES string of the molecule is CCN(CC)CCN(C(=O)CN(C)S(C)(=O)=O)c1nc2c(C)c(Cl)ccc2s1. The van der Waals surface area contributed by atoms with E-state index >= 15 is 0 Å². The zero-order valence-corrected chi connectivity index (χ0v) is 19.3. The van der Waals surface area contributed by atoms with E-state index in [1.54, 1.807) is 4.90 Å². The zero-order chi connectivity index (χ0) is 21.1. The minimum Gasteiger partial charge on any atom is -0.302 e. The van der Waals surface area contributed by atoms with Gasteiger partial charge in [-0.1, -0.05) is 36.8 Å². The maximum Gasteiger partial charge on any atom is 0.244 e. The lowest BCUT2D eigenvalue weighted by molar-refractivity contribution is -0.118. The smallest absolute Gasteiger partial charge is 0.244 e. The molecule has 156 valence electrons. The molecule has 0 aliphatic carbocycles. The van der Waals surface area contributed by atoms with Crippen LogP contribution in [0.2, 0.25) is 5.02 Å². The third kappa shape index (κ3) is 5.42. The Bertz CT molecular complexity index is 942. The van der Waals surface area contributed by atoms with Gasteiger partial charge in [-0.15, -0.1) is 0 Å². The molecule has 10 heteroatoms. The number of carbonyl (C=O) groups excluding carboxylic acids is 1. The van der Waals surface area contributed by atoms with E-state index < -0.39 is 10.0 Å². The first-order valence-electron chi connectivity index (χ1n) is 9.08. The molecule has 1 aromatic carbocycles. The first-order valence-corrected chi connectivity index (χ1v) is 12.1. The van der Waals surface area contributed by atoms with Crippen molar-refractivity contribution in [2.75, 3.05) is 50.9 Å². The first kappa shape index (κ1) is 23.0. The van der Waals surface area contributed by atoms with Gasteiger partial charge in [-0.25, -0.2) is 13.4 Å². The number of thiazole rings is 1. The molecule has 0 saturated carbocycles. The lowest BCUT2D eigenvalue weighted by atomic mass is 10.2. The quantitative estimate of drug-likeness (QED) is 0.592. The van der Waals surface area contributed by atoms with Crippen LogP contribution in [0, 0.1) is 6.92 Å². The van der Waals surface area contributed by atoms with Gasteiger partial charge in [0.1, 0.15) is 0 Å². The molecule has 0 atom stereocenters. The molecule has 0 bridgehead atoms. The highest BCUT2D eigenvalue weighted by Gasteiger charge is 2.24. The monoisotopic (exact) mass is 446 g/mol. The summed E-state index contributed by atoms with van der Waals surface area (Å²) in [7, 11) is -2.05. The number of amides is 1. The number of halogens is 1. The number of carbonyl (C=O) groups is 1. The molecule has 1 aromatic heterocycles. The predicted molar refractivity (Wildman–Crippen MR) is 117 cm³/mol. The lowest BCUT2D eigenvalue weighted by Gasteiger charge is -2.26. The Kier molecular flexibility index (Phi) is 7.81. The molecule has 0 unspecified atom stereocenters. The van der Waals surface area contributed by atoms with Gasteiger partial charge in [-0.3, -0.25) is 9.69 Å². The number of likely N-dealkylation sites (N-methyl/N-ethyl adjacent to an activating group) is 2. The van der Waals surface area contributed by atoms with Crippen LogP contribution in [-0.2, 0) is 14.8 Å². The van der Waals surface area contributed by atoms with Crippen LogP contribution in [0.3, 0.4) is 0 Å². The van der Waals surface area contributed by atoms with Crippen molar-refractivity contribution in [2.45, 2.75) is 20.8 Å². The summed E-state index contributed by atoms with van der Waals surface area (Å²) in [4.78, 5) is 21.4. The summed E-state index contributed by atoms with van der Waals surface area (Å²) in [5.41, 5.74) is 1.63. The number of fused-ring (bicyclic) bond motifs is 1. The summed E-state index contributed by atoms with van der Waals surface area (Å²) in [6.45, 7) is 8.65. The fourth-order valence-corrected chi connectivity index (χ4v) is 4.27. The highest BCUT2D eigenvalue weighted by Crippen LogP contribution is 2.33. The minimum atomic E-state index is -3.45. The second-order valence-corrected chi connectivity index (χ2v) is 10.1. The molecule has 0 aliphatic heterocycles. The van der Waals surface area contributed by atoms with E-state index in [0.29, 0.717) is 23.2 Å². The van der Waals surface area contributed by atoms with Crippen molar-refractivity contribution in [1.29, 1.82) is 0 Å². The first-order chi connectivity index (χ1) is 13.1. The Morgan fingerprint density at radius 3 is 2.43 bits per heavy atom. The van der Waals surface area contributed by atoms with E-state index in [1.807, 2.05) is 19.1 Å². The van der Waals surface area contributed by atoms with E-state index in [9.17, 15) is 13.2 Å². The second kappa shape index (κ2) is 9.49. The maximum absolute atomic E-state index is 13.0. The Morgan fingerprint density at radius 1 is 1.21 bits per heavy atom. The van der Waals surface area contributed by atoms with Crippen molar-refractivity contribution in [3.8, 4) is 0 Å². The highest BCUT2D eigenvalue weighted by atomic mass is 35.5. The van der Waals surface area contributed by atoms with Crippen LogP contribution in [0.1, 0.15) is 19.4 Å². The minimum absolute atomic E-state index is 0.229. The molecule has 0 saturated heterocycles. The number of anilines is 1. The van der Waals surface area contributed by atoms with Crippen LogP contribution in [-0.4, -0.2) is 74.5 Å². The van der Waals surface area contributed by atoms with Crippen molar-refractivity contribution in [2.24, 2.45) is 0 Å². The van der Waals surface area contributed by atoms with Crippen LogP contribution in [0.15, 0.2) is 12.1 Å². The molecular formula is C18H27ClN4O3S2. The van der Waals surface area contributed by atoms with Gasteiger partial charge in [-0.2, -0.15) is 4.31 Å². The van der Waals surface area contributed by atoms with E-state index in [1.165, 1.54) is 18.4 Å². The molecule has 28 heavy (non-hydrogen) atoms. The van der Waals surface area contributed by atoms with E-state index in [4.69, 9.17) is 11.6 Å². The van der Waals surface area contributed by atoms with Crippen molar-refractivity contribution in [3.63, 3.8) is 0 Å². The van der Waals surface area contributed by atoms with Gasteiger partial charge < -0.3 is 4.90 Å². The molecule has 0 aliphatic rings. The summed E-state index contributed by atoms with van der Waals surface area (Å²) >= 11 is 7.61. The number of nitrogens with zero attached hydrogens (tertiary/aromatic N) is 4. The van der Waals surface area contributed by atoms with Gasteiger partial charge in [0.05, 0.1) is 23.0 Å². The molecule has 2 rings (SSSR count). The van der Waals surface area contributed by atoms with Crippen LogP contribution >= 0.6 is 22.9 Å². The molecule has 1 amide bonds. The zero-order valence-electron chi connectivity index (χ0n) is 16.9.